The first kappa shape index (κ1) is 8.85. The first-order chi connectivity index (χ1) is 5.75. The van der Waals surface area contributed by atoms with Crippen LogP contribution in [0.1, 0.15) is 12.5 Å². The lowest BCUT2D eigenvalue weighted by atomic mass is 10.1. The fraction of sp³-hybridized carbons (Fsp3) is 0.273. The third-order valence-corrected chi connectivity index (χ3v) is 1.82. The lowest BCUT2D eigenvalue weighted by Crippen LogP contribution is -2.09. The van der Waals surface area contributed by atoms with Crippen LogP contribution in [0.5, 0.6) is 0 Å². The smallest absolute Gasteiger partial charge is 0.0391 e. The second kappa shape index (κ2) is 3.96. The van der Waals surface area contributed by atoms with Gasteiger partial charge in [-0.15, -0.1) is 0 Å². The van der Waals surface area contributed by atoms with Crippen LogP contribution < -0.4 is 0 Å². The van der Waals surface area contributed by atoms with Crippen LogP contribution in [0.15, 0.2) is 36.4 Å². The molecule has 0 N–H and O–H groups in total. The summed E-state index contributed by atoms with van der Waals surface area (Å²) in [7, 11) is 4.12. The van der Waals surface area contributed by atoms with E-state index in [0.29, 0.717) is 0 Å². The van der Waals surface area contributed by atoms with Crippen molar-refractivity contribution >= 4 is 5.70 Å². The fourth-order valence-corrected chi connectivity index (χ4v) is 1.29. The summed E-state index contributed by atoms with van der Waals surface area (Å²) in [6.45, 7) is 2.06. The summed E-state index contributed by atoms with van der Waals surface area (Å²) >= 11 is 0. The van der Waals surface area contributed by atoms with Crippen molar-refractivity contribution in [3.05, 3.63) is 42.0 Å². The Hall–Kier alpha value is -1.24. The van der Waals surface area contributed by atoms with Crippen molar-refractivity contribution in [2.45, 2.75) is 6.92 Å². The molecule has 0 radical (unpaired) electrons. The van der Waals surface area contributed by atoms with E-state index in [-0.39, 0.29) is 0 Å². The lowest BCUT2D eigenvalue weighted by molar-refractivity contribution is 0.591. The molecule has 0 bridgehead atoms. The van der Waals surface area contributed by atoms with Gasteiger partial charge in [-0.2, -0.15) is 0 Å². The molecule has 0 unspecified atom stereocenters. The van der Waals surface area contributed by atoms with E-state index in [1.165, 1.54) is 11.3 Å². The Kier molecular flexibility index (Phi) is 2.92. The summed E-state index contributed by atoms with van der Waals surface area (Å²) in [5.41, 5.74) is 2.53. The fourth-order valence-electron chi connectivity index (χ4n) is 1.29. The van der Waals surface area contributed by atoms with Crippen LogP contribution in [0.3, 0.4) is 0 Å². The second-order valence-corrected chi connectivity index (χ2v) is 2.93. The van der Waals surface area contributed by atoms with Crippen molar-refractivity contribution in [1.29, 1.82) is 0 Å². The molecule has 0 fully saturated rings. The van der Waals surface area contributed by atoms with Crippen molar-refractivity contribution in [1.82, 2.24) is 4.90 Å². The third kappa shape index (κ3) is 1.88. The predicted octanol–water partition coefficient (Wildman–Crippen LogP) is 2.61. The SMILES string of the molecule is C/C=C(/c1ccccc1)N(C)C. The van der Waals surface area contributed by atoms with Crippen molar-refractivity contribution in [3.8, 4) is 0 Å². The average molecular weight is 161 g/mol. The van der Waals surface area contributed by atoms with Crippen molar-refractivity contribution in [2.75, 3.05) is 14.1 Å². The molecule has 0 saturated heterocycles. The van der Waals surface area contributed by atoms with Gasteiger partial charge in [-0.05, 0) is 12.5 Å². The van der Waals surface area contributed by atoms with E-state index in [1.807, 2.05) is 6.07 Å². The van der Waals surface area contributed by atoms with Gasteiger partial charge in [0.2, 0.25) is 0 Å². The van der Waals surface area contributed by atoms with Crippen molar-refractivity contribution < 1.29 is 0 Å². The molecule has 1 nitrogen and oxygen atoms in total. The Balaban J connectivity index is 2.97. The van der Waals surface area contributed by atoms with Gasteiger partial charge in [-0.3, -0.25) is 0 Å². The maximum Gasteiger partial charge on any atom is 0.0391 e. The predicted molar refractivity (Wildman–Crippen MR) is 53.8 cm³/mol. The molecule has 12 heavy (non-hydrogen) atoms. The van der Waals surface area contributed by atoms with E-state index in [9.17, 15) is 0 Å². The van der Waals surface area contributed by atoms with Crippen molar-refractivity contribution in [3.63, 3.8) is 0 Å². The van der Waals surface area contributed by atoms with Crippen LogP contribution in [-0.2, 0) is 0 Å². The van der Waals surface area contributed by atoms with Gasteiger partial charge in [0.1, 0.15) is 0 Å². The van der Waals surface area contributed by atoms with E-state index in [1.54, 1.807) is 0 Å². The van der Waals surface area contributed by atoms with Crippen LogP contribution >= 0.6 is 0 Å². The highest BCUT2D eigenvalue weighted by atomic mass is 15.1. The summed E-state index contributed by atoms with van der Waals surface area (Å²) < 4.78 is 0. The van der Waals surface area contributed by atoms with Gasteiger partial charge in [-0.1, -0.05) is 36.4 Å². The lowest BCUT2D eigenvalue weighted by Gasteiger charge is -2.16. The number of rotatable bonds is 2. The molecule has 0 amide bonds. The molecule has 0 aromatic heterocycles. The minimum atomic E-state index is 1.26. The number of hydrogen-bond acceptors (Lipinski definition) is 1. The summed E-state index contributed by atoms with van der Waals surface area (Å²) in [6.07, 6.45) is 2.12. The molecular weight excluding hydrogens is 146 g/mol. The summed E-state index contributed by atoms with van der Waals surface area (Å²) in [5.74, 6) is 0. The summed E-state index contributed by atoms with van der Waals surface area (Å²) in [6, 6.07) is 10.4. The molecule has 1 aromatic rings. The minimum absolute atomic E-state index is 1.26. The quantitative estimate of drug-likeness (QED) is 0.644. The summed E-state index contributed by atoms with van der Waals surface area (Å²) in [5, 5.41) is 0. The number of hydrogen-bond donors (Lipinski definition) is 0. The summed E-state index contributed by atoms with van der Waals surface area (Å²) in [4.78, 5) is 2.12. The molecule has 0 aliphatic rings. The van der Waals surface area contributed by atoms with Gasteiger partial charge in [0, 0.05) is 19.8 Å². The Labute approximate surface area is 74.3 Å². The van der Waals surface area contributed by atoms with E-state index in [2.05, 4.69) is 56.3 Å². The molecule has 0 heterocycles. The molecule has 1 aromatic carbocycles. The highest BCUT2D eigenvalue weighted by Crippen LogP contribution is 2.14. The highest BCUT2D eigenvalue weighted by Gasteiger charge is 1.99. The van der Waals surface area contributed by atoms with Crippen LogP contribution in [0.2, 0.25) is 0 Å². The molecular formula is C11H15N. The Morgan fingerprint density at radius 1 is 1.17 bits per heavy atom. The average Bonchev–Trinajstić information content (AvgIpc) is 2.07. The largest absolute Gasteiger partial charge is 0.377 e. The molecule has 1 heteroatoms. The highest BCUT2D eigenvalue weighted by molar-refractivity contribution is 5.63. The zero-order valence-corrected chi connectivity index (χ0v) is 7.91. The van der Waals surface area contributed by atoms with Gasteiger partial charge in [-0.25, -0.2) is 0 Å². The van der Waals surface area contributed by atoms with Crippen molar-refractivity contribution in [2.24, 2.45) is 0 Å². The molecule has 0 aliphatic carbocycles. The first-order valence-corrected chi connectivity index (χ1v) is 4.14. The van der Waals surface area contributed by atoms with E-state index in [4.69, 9.17) is 0 Å². The molecule has 0 aliphatic heterocycles. The minimum Gasteiger partial charge on any atom is -0.377 e. The van der Waals surface area contributed by atoms with Gasteiger partial charge in [0.25, 0.3) is 0 Å². The van der Waals surface area contributed by atoms with Gasteiger partial charge in [0.15, 0.2) is 0 Å². The Morgan fingerprint density at radius 3 is 2.17 bits per heavy atom. The van der Waals surface area contributed by atoms with Crippen LogP contribution in [0.25, 0.3) is 5.70 Å². The third-order valence-electron chi connectivity index (χ3n) is 1.82. The van der Waals surface area contributed by atoms with Crippen LogP contribution in [0.4, 0.5) is 0 Å². The zero-order chi connectivity index (χ0) is 8.97. The van der Waals surface area contributed by atoms with E-state index < -0.39 is 0 Å². The van der Waals surface area contributed by atoms with Gasteiger partial charge < -0.3 is 4.90 Å². The second-order valence-electron chi connectivity index (χ2n) is 2.93. The van der Waals surface area contributed by atoms with E-state index >= 15 is 0 Å². The number of nitrogens with zero attached hydrogens (tertiary/aromatic N) is 1. The molecule has 64 valence electrons. The van der Waals surface area contributed by atoms with Gasteiger partial charge in [0.05, 0.1) is 0 Å². The Bertz CT molecular complexity index is 260. The zero-order valence-electron chi connectivity index (χ0n) is 7.91. The monoisotopic (exact) mass is 161 g/mol. The van der Waals surface area contributed by atoms with E-state index in [0.717, 1.165) is 0 Å². The normalized spacial score (nSPS) is 11.4. The number of benzene rings is 1. The number of allylic oxidation sites excluding steroid dienone is 1. The van der Waals surface area contributed by atoms with Gasteiger partial charge >= 0.3 is 0 Å². The van der Waals surface area contributed by atoms with Crippen LogP contribution in [-0.4, -0.2) is 19.0 Å². The first-order valence-electron chi connectivity index (χ1n) is 4.14. The Morgan fingerprint density at radius 2 is 1.75 bits per heavy atom. The molecule has 1 rings (SSSR count). The molecule has 0 atom stereocenters. The maximum atomic E-state index is 2.12. The standard InChI is InChI=1S/C11H15N/c1-4-11(12(2)3)10-8-6-5-7-9-10/h4-9H,1-3H3/b11-4-. The van der Waals surface area contributed by atoms with Crippen LogP contribution in [0, 0.1) is 0 Å². The molecule has 0 saturated carbocycles. The topological polar surface area (TPSA) is 3.24 Å². The molecule has 0 spiro atoms. The maximum absolute atomic E-state index is 2.12.